The first-order valence-electron chi connectivity index (χ1n) is 4.49. The molecule has 1 aromatic carbocycles. The Morgan fingerprint density at radius 1 is 1.60 bits per heavy atom. The van der Waals surface area contributed by atoms with Gasteiger partial charge in [0.15, 0.2) is 6.19 Å². The normalized spacial score (nSPS) is 9.13. The molecule has 4 heteroatoms. The average molecular weight is 204 g/mol. The highest BCUT2D eigenvalue weighted by atomic mass is 16.5. The number of carbonyl (C=O) groups is 1. The molecule has 15 heavy (non-hydrogen) atoms. The number of hydrogen-bond donors (Lipinski definition) is 1. The first-order chi connectivity index (χ1) is 7.17. The molecule has 78 valence electrons. The van der Waals surface area contributed by atoms with E-state index in [0.29, 0.717) is 0 Å². The van der Waals surface area contributed by atoms with Crippen molar-refractivity contribution in [1.82, 2.24) is 5.32 Å². The van der Waals surface area contributed by atoms with Gasteiger partial charge in [-0.15, -0.1) is 0 Å². The molecule has 0 saturated heterocycles. The van der Waals surface area contributed by atoms with Gasteiger partial charge in [-0.1, -0.05) is 12.1 Å². The lowest BCUT2D eigenvalue weighted by atomic mass is 10.1. The third kappa shape index (κ3) is 2.99. The van der Waals surface area contributed by atoms with Crippen molar-refractivity contribution in [1.29, 1.82) is 5.26 Å². The van der Waals surface area contributed by atoms with Gasteiger partial charge < -0.3 is 4.74 Å². The lowest BCUT2D eigenvalue weighted by Crippen LogP contribution is -2.19. The van der Waals surface area contributed by atoms with Crippen molar-refractivity contribution >= 4 is 5.91 Å². The summed E-state index contributed by atoms with van der Waals surface area (Å²) < 4.78 is 5.13. The van der Waals surface area contributed by atoms with Gasteiger partial charge in [-0.05, 0) is 24.1 Å². The molecule has 0 atom stereocenters. The zero-order chi connectivity index (χ0) is 11.3. The summed E-state index contributed by atoms with van der Waals surface area (Å²) in [5.74, 6) is 0.431. The largest absolute Gasteiger partial charge is 0.496 e. The summed E-state index contributed by atoms with van der Waals surface area (Å²) in [4.78, 5) is 11.1. The molecule has 0 aliphatic rings. The Morgan fingerprint density at radius 2 is 2.33 bits per heavy atom. The van der Waals surface area contributed by atoms with Gasteiger partial charge in [-0.25, -0.2) is 0 Å². The van der Waals surface area contributed by atoms with Crippen molar-refractivity contribution < 1.29 is 9.53 Å². The van der Waals surface area contributed by atoms with Gasteiger partial charge in [0.05, 0.1) is 13.5 Å². The number of rotatable bonds is 3. The van der Waals surface area contributed by atoms with E-state index in [4.69, 9.17) is 10.00 Å². The number of carbonyl (C=O) groups excluding carboxylic acids is 1. The van der Waals surface area contributed by atoms with Crippen LogP contribution in [0.15, 0.2) is 18.2 Å². The number of hydrogen-bond acceptors (Lipinski definition) is 3. The van der Waals surface area contributed by atoms with Gasteiger partial charge in [-0.2, -0.15) is 5.26 Å². The van der Waals surface area contributed by atoms with Crippen molar-refractivity contribution in [2.24, 2.45) is 0 Å². The van der Waals surface area contributed by atoms with E-state index in [1.165, 1.54) is 0 Å². The van der Waals surface area contributed by atoms with Crippen LogP contribution in [0.25, 0.3) is 0 Å². The van der Waals surface area contributed by atoms with Gasteiger partial charge in [0.2, 0.25) is 5.91 Å². The van der Waals surface area contributed by atoms with Gasteiger partial charge in [0.25, 0.3) is 0 Å². The molecule has 1 rings (SSSR count). The smallest absolute Gasteiger partial charge is 0.237 e. The number of nitrogens with one attached hydrogen (secondary N) is 1. The van der Waals surface area contributed by atoms with Crippen LogP contribution in [0.2, 0.25) is 0 Å². The minimum absolute atomic E-state index is 0.185. The topological polar surface area (TPSA) is 62.1 Å². The Labute approximate surface area is 88.5 Å². The van der Waals surface area contributed by atoms with Crippen LogP contribution in [-0.4, -0.2) is 13.0 Å². The number of amides is 1. The van der Waals surface area contributed by atoms with Gasteiger partial charge in [-0.3, -0.25) is 10.1 Å². The second-order valence-electron chi connectivity index (χ2n) is 3.14. The highest BCUT2D eigenvalue weighted by molar-refractivity contribution is 5.80. The van der Waals surface area contributed by atoms with E-state index in [0.717, 1.165) is 16.9 Å². The molecule has 1 amide bonds. The maximum absolute atomic E-state index is 11.1. The molecule has 0 saturated carbocycles. The molecule has 1 N–H and O–H groups in total. The number of benzene rings is 1. The van der Waals surface area contributed by atoms with Crippen LogP contribution in [0.3, 0.4) is 0 Å². The molecular formula is C11H12N2O2. The number of aryl methyl sites for hydroxylation is 1. The van der Waals surface area contributed by atoms with Crippen molar-refractivity contribution in [2.75, 3.05) is 7.11 Å². The minimum Gasteiger partial charge on any atom is -0.496 e. The van der Waals surface area contributed by atoms with Gasteiger partial charge in [0, 0.05) is 0 Å². The Balaban J connectivity index is 2.79. The molecular weight excluding hydrogens is 192 g/mol. The van der Waals surface area contributed by atoms with E-state index in [9.17, 15) is 4.79 Å². The molecule has 0 spiro atoms. The van der Waals surface area contributed by atoms with E-state index >= 15 is 0 Å². The second kappa shape index (κ2) is 5.01. The predicted octanol–water partition coefficient (Wildman–Crippen LogP) is 1.14. The molecule has 4 nitrogen and oxygen atoms in total. The first kappa shape index (κ1) is 11.1. The summed E-state index contributed by atoms with van der Waals surface area (Å²) in [6.45, 7) is 1.93. The van der Waals surface area contributed by atoms with E-state index in [1.54, 1.807) is 19.4 Å². The summed E-state index contributed by atoms with van der Waals surface area (Å²) in [6, 6.07) is 5.52. The molecule has 0 bridgehead atoms. The highest BCUT2D eigenvalue weighted by Crippen LogP contribution is 2.19. The summed E-state index contributed by atoms with van der Waals surface area (Å²) in [7, 11) is 1.58. The third-order valence-corrected chi connectivity index (χ3v) is 2.03. The van der Waals surface area contributed by atoms with Crippen LogP contribution in [-0.2, 0) is 11.2 Å². The number of ether oxygens (including phenoxy) is 1. The number of methoxy groups -OCH3 is 1. The van der Waals surface area contributed by atoms with Crippen molar-refractivity contribution in [3.63, 3.8) is 0 Å². The highest BCUT2D eigenvalue weighted by Gasteiger charge is 2.05. The van der Waals surface area contributed by atoms with Crippen molar-refractivity contribution in [3.05, 3.63) is 29.3 Å². The Kier molecular flexibility index (Phi) is 3.69. The second-order valence-corrected chi connectivity index (χ2v) is 3.14. The summed E-state index contributed by atoms with van der Waals surface area (Å²) in [6.07, 6.45) is 1.78. The summed E-state index contributed by atoms with van der Waals surface area (Å²) >= 11 is 0. The first-order valence-corrected chi connectivity index (χ1v) is 4.49. The average Bonchev–Trinajstić information content (AvgIpc) is 2.21. The molecule has 1 aromatic rings. The van der Waals surface area contributed by atoms with Crippen LogP contribution in [0.4, 0.5) is 0 Å². The SMILES string of the molecule is COc1cc(CC(=O)NC#N)ccc1C. The van der Waals surface area contributed by atoms with E-state index in [2.05, 4.69) is 5.32 Å². The van der Waals surface area contributed by atoms with Crippen LogP contribution < -0.4 is 10.1 Å². The quantitative estimate of drug-likeness (QED) is 0.593. The van der Waals surface area contributed by atoms with E-state index in [1.807, 2.05) is 19.1 Å². The molecule has 0 heterocycles. The monoisotopic (exact) mass is 204 g/mol. The molecule has 0 fully saturated rings. The van der Waals surface area contributed by atoms with Crippen LogP contribution >= 0.6 is 0 Å². The molecule has 0 unspecified atom stereocenters. The molecule has 0 radical (unpaired) electrons. The van der Waals surface area contributed by atoms with Crippen molar-refractivity contribution in [2.45, 2.75) is 13.3 Å². The predicted molar refractivity (Wildman–Crippen MR) is 55.2 cm³/mol. The minimum atomic E-state index is -0.316. The van der Waals surface area contributed by atoms with Gasteiger partial charge >= 0.3 is 0 Å². The maximum Gasteiger partial charge on any atom is 0.237 e. The van der Waals surface area contributed by atoms with Crippen LogP contribution in [0.5, 0.6) is 5.75 Å². The lowest BCUT2D eigenvalue weighted by molar-refractivity contribution is -0.119. The van der Waals surface area contributed by atoms with Crippen LogP contribution in [0.1, 0.15) is 11.1 Å². The molecule has 0 aliphatic carbocycles. The fraction of sp³-hybridized carbons (Fsp3) is 0.273. The number of nitriles is 1. The van der Waals surface area contributed by atoms with E-state index in [-0.39, 0.29) is 12.3 Å². The van der Waals surface area contributed by atoms with Gasteiger partial charge in [0.1, 0.15) is 5.75 Å². The maximum atomic E-state index is 11.1. The fourth-order valence-electron chi connectivity index (χ4n) is 1.27. The third-order valence-electron chi connectivity index (χ3n) is 2.03. The fourth-order valence-corrected chi connectivity index (χ4v) is 1.27. The zero-order valence-corrected chi connectivity index (χ0v) is 8.70. The number of nitrogens with zero attached hydrogens (tertiary/aromatic N) is 1. The Bertz CT molecular complexity index is 408. The summed E-state index contributed by atoms with van der Waals surface area (Å²) in [5.41, 5.74) is 1.84. The Morgan fingerprint density at radius 3 is 2.93 bits per heavy atom. The van der Waals surface area contributed by atoms with Crippen molar-refractivity contribution in [3.8, 4) is 11.9 Å². The standard InChI is InChI=1S/C11H12N2O2/c1-8-3-4-9(5-10(8)15-2)6-11(14)13-7-12/h3-5H,6H2,1-2H3,(H,13,14). The summed E-state index contributed by atoms with van der Waals surface area (Å²) in [5, 5.41) is 10.3. The lowest BCUT2D eigenvalue weighted by Gasteiger charge is -2.06. The molecule has 0 aliphatic heterocycles. The Hall–Kier alpha value is -2.02. The van der Waals surface area contributed by atoms with Crippen LogP contribution in [0, 0.1) is 18.4 Å². The molecule has 0 aromatic heterocycles. The van der Waals surface area contributed by atoms with E-state index < -0.39 is 0 Å². The zero-order valence-electron chi connectivity index (χ0n) is 8.70.